The molecule has 1 atom stereocenters. The average molecular weight is 277 g/mol. The molecule has 2 rings (SSSR count). The molecule has 0 bridgehead atoms. The highest BCUT2D eigenvalue weighted by atomic mass is 16.2. The third-order valence-electron chi connectivity index (χ3n) is 4.21. The van der Waals surface area contributed by atoms with Gasteiger partial charge in [0.15, 0.2) is 0 Å². The van der Waals surface area contributed by atoms with Crippen LogP contribution in [0.5, 0.6) is 0 Å². The Kier molecular flexibility index (Phi) is 5.40. The first-order chi connectivity index (χ1) is 9.72. The number of nitrogens with zero attached hydrogens (tertiary/aromatic N) is 3. The second-order valence-corrected chi connectivity index (χ2v) is 5.71. The monoisotopic (exact) mass is 277 g/mol. The van der Waals surface area contributed by atoms with Gasteiger partial charge in [-0.25, -0.2) is 0 Å². The molecule has 0 aromatic rings. The zero-order chi connectivity index (χ0) is 14.4. The number of carbonyl (C=O) groups excluding carboxylic acids is 2. The van der Waals surface area contributed by atoms with Gasteiger partial charge in [0.1, 0.15) is 5.92 Å². The molecule has 2 fully saturated rings. The number of amides is 2. The second-order valence-electron chi connectivity index (χ2n) is 5.71. The van der Waals surface area contributed by atoms with Crippen molar-refractivity contribution in [1.82, 2.24) is 9.80 Å². The lowest BCUT2D eigenvalue weighted by Gasteiger charge is -2.23. The lowest BCUT2D eigenvalue weighted by molar-refractivity contribution is -0.138. The van der Waals surface area contributed by atoms with Crippen molar-refractivity contribution in [2.75, 3.05) is 26.2 Å². The van der Waals surface area contributed by atoms with Crippen LogP contribution in [-0.4, -0.2) is 47.8 Å². The van der Waals surface area contributed by atoms with E-state index in [1.165, 1.54) is 0 Å². The van der Waals surface area contributed by atoms with Crippen LogP contribution in [-0.2, 0) is 9.59 Å². The molecule has 0 N–H and O–H groups in total. The Morgan fingerprint density at radius 2 is 1.40 bits per heavy atom. The van der Waals surface area contributed by atoms with Crippen LogP contribution in [0.1, 0.15) is 44.9 Å². The molecule has 5 nitrogen and oxygen atoms in total. The van der Waals surface area contributed by atoms with Crippen LogP contribution in [0, 0.1) is 17.2 Å². The predicted molar refractivity (Wildman–Crippen MR) is 74.6 cm³/mol. The van der Waals surface area contributed by atoms with Gasteiger partial charge in [-0.1, -0.05) is 12.8 Å². The van der Waals surface area contributed by atoms with Gasteiger partial charge >= 0.3 is 0 Å². The van der Waals surface area contributed by atoms with E-state index in [0.717, 1.165) is 64.7 Å². The Bertz CT molecular complexity index is 388. The minimum atomic E-state index is -0.802. The Hall–Kier alpha value is -1.57. The number of rotatable bonds is 3. The Morgan fingerprint density at radius 1 is 0.900 bits per heavy atom. The van der Waals surface area contributed by atoms with Crippen LogP contribution < -0.4 is 0 Å². The maximum Gasteiger partial charge on any atom is 0.240 e. The molecule has 0 radical (unpaired) electrons. The summed E-state index contributed by atoms with van der Waals surface area (Å²) in [7, 11) is 0. The first-order valence-electron chi connectivity index (χ1n) is 7.68. The van der Waals surface area contributed by atoms with E-state index in [1.54, 1.807) is 4.90 Å². The largest absolute Gasteiger partial charge is 0.343 e. The van der Waals surface area contributed by atoms with Crippen LogP contribution in [0.3, 0.4) is 0 Å². The van der Waals surface area contributed by atoms with E-state index in [0.29, 0.717) is 0 Å². The standard InChI is InChI=1S/C15H23N3O2/c16-12-13(15(20)18-9-5-6-10-18)11-14(19)17-7-3-1-2-4-8-17/h13H,1-11H2. The minimum Gasteiger partial charge on any atom is -0.343 e. The molecule has 1 unspecified atom stereocenters. The van der Waals surface area contributed by atoms with E-state index in [9.17, 15) is 14.9 Å². The van der Waals surface area contributed by atoms with Crippen molar-refractivity contribution in [1.29, 1.82) is 5.26 Å². The van der Waals surface area contributed by atoms with Gasteiger partial charge in [-0.2, -0.15) is 5.26 Å². The number of hydrogen-bond donors (Lipinski definition) is 0. The van der Waals surface area contributed by atoms with Gasteiger partial charge in [-0.3, -0.25) is 9.59 Å². The summed E-state index contributed by atoms with van der Waals surface area (Å²) < 4.78 is 0. The van der Waals surface area contributed by atoms with Gasteiger partial charge in [-0.05, 0) is 25.7 Å². The highest BCUT2D eigenvalue weighted by Crippen LogP contribution is 2.17. The highest BCUT2D eigenvalue weighted by Gasteiger charge is 2.29. The summed E-state index contributed by atoms with van der Waals surface area (Å²) in [6, 6.07) is 2.03. The molecular formula is C15H23N3O2. The fourth-order valence-electron chi connectivity index (χ4n) is 2.97. The first kappa shape index (κ1) is 14.8. The molecule has 5 heteroatoms. The molecule has 2 saturated heterocycles. The van der Waals surface area contributed by atoms with Crippen LogP contribution >= 0.6 is 0 Å². The van der Waals surface area contributed by atoms with Crippen LogP contribution in [0.2, 0.25) is 0 Å². The first-order valence-corrected chi connectivity index (χ1v) is 7.68. The molecule has 0 aromatic carbocycles. The number of hydrogen-bond acceptors (Lipinski definition) is 3. The Balaban J connectivity index is 1.89. The van der Waals surface area contributed by atoms with Crippen molar-refractivity contribution < 1.29 is 9.59 Å². The van der Waals surface area contributed by atoms with Crippen molar-refractivity contribution >= 4 is 11.8 Å². The van der Waals surface area contributed by atoms with Crippen molar-refractivity contribution in [3.8, 4) is 6.07 Å². The summed E-state index contributed by atoms with van der Waals surface area (Å²) in [4.78, 5) is 28.0. The minimum absolute atomic E-state index is 0.0361. The van der Waals surface area contributed by atoms with E-state index in [1.807, 2.05) is 11.0 Å². The zero-order valence-electron chi connectivity index (χ0n) is 12.0. The smallest absolute Gasteiger partial charge is 0.240 e. The van der Waals surface area contributed by atoms with E-state index in [2.05, 4.69) is 0 Å². The summed E-state index contributed by atoms with van der Waals surface area (Å²) in [5.74, 6) is -0.997. The van der Waals surface area contributed by atoms with Gasteiger partial charge in [0, 0.05) is 26.2 Å². The molecule has 0 aliphatic carbocycles. The summed E-state index contributed by atoms with van der Waals surface area (Å²) in [5.41, 5.74) is 0. The molecule has 2 aliphatic rings. The third-order valence-corrected chi connectivity index (χ3v) is 4.21. The second kappa shape index (κ2) is 7.28. The molecule has 0 aromatic heterocycles. The molecule has 110 valence electrons. The van der Waals surface area contributed by atoms with E-state index in [4.69, 9.17) is 0 Å². The summed E-state index contributed by atoms with van der Waals surface area (Å²) >= 11 is 0. The van der Waals surface area contributed by atoms with Crippen molar-refractivity contribution in [3.05, 3.63) is 0 Å². The Morgan fingerprint density at radius 3 is 1.95 bits per heavy atom. The van der Waals surface area contributed by atoms with E-state index >= 15 is 0 Å². The van der Waals surface area contributed by atoms with Crippen molar-refractivity contribution in [2.45, 2.75) is 44.9 Å². The molecule has 20 heavy (non-hydrogen) atoms. The highest BCUT2D eigenvalue weighted by molar-refractivity contribution is 5.87. The quantitative estimate of drug-likeness (QED) is 0.786. The maximum atomic E-state index is 12.2. The molecular weight excluding hydrogens is 254 g/mol. The Labute approximate surface area is 120 Å². The van der Waals surface area contributed by atoms with Gasteiger partial charge in [0.25, 0.3) is 0 Å². The lowest BCUT2D eigenvalue weighted by atomic mass is 10.0. The molecule has 2 aliphatic heterocycles. The molecule has 2 heterocycles. The molecule has 0 saturated carbocycles. The van der Waals surface area contributed by atoms with Crippen molar-refractivity contribution in [3.63, 3.8) is 0 Å². The van der Waals surface area contributed by atoms with Gasteiger partial charge in [0.05, 0.1) is 12.5 Å². The van der Waals surface area contributed by atoms with Crippen LogP contribution in [0.25, 0.3) is 0 Å². The van der Waals surface area contributed by atoms with Gasteiger partial charge in [0.2, 0.25) is 11.8 Å². The number of likely N-dealkylation sites (tertiary alicyclic amines) is 2. The van der Waals surface area contributed by atoms with Crippen LogP contribution in [0.4, 0.5) is 0 Å². The fraction of sp³-hybridized carbons (Fsp3) is 0.800. The average Bonchev–Trinajstić information content (AvgIpc) is 2.86. The normalized spacial score (nSPS) is 21.1. The van der Waals surface area contributed by atoms with Gasteiger partial charge < -0.3 is 9.80 Å². The van der Waals surface area contributed by atoms with Crippen LogP contribution in [0.15, 0.2) is 0 Å². The lowest BCUT2D eigenvalue weighted by Crippen LogP contribution is -2.38. The number of nitriles is 1. The summed E-state index contributed by atoms with van der Waals surface area (Å²) in [5, 5.41) is 9.19. The summed E-state index contributed by atoms with van der Waals surface area (Å²) in [6.45, 7) is 3.01. The topological polar surface area (TPSA) is 64.4 Å². The van der Waals surface area contributed by atoms with Crippen molar-refractivity contribution in [2.24, 2.45) is 5.92 Å². The predicted octanol–water partition coefficient (Wildman–Crippen LogP) is 1.54. The number of carbonyl (C=O) groups is 2. The van der Waals surface area contributed by atoms with E-state index < -0.39 is 5.92 Å². The summed E-state index contributed by atoms with van der Waals surface area (Å²) in [6.07, 6.45) is 6.45. The molecule has 0 spiro atoms. The third kappa shape index (κ3) is 3.72. The van der Waals surface area contributed by atoms with Gasteiger partial charge in [-0.15, -0.1) is 0 Å². The van der Waals surface area contributed by atoms with E-state index in [-0.39, 0.29) is 18.2 Å². The SMILES string of the molecule is N#CC(CC(=O)N1CCCCCC1)C(=O)N1CCCC1. The maximum absolute atomic E-state index is 12.2. The fourth-order valence-corrected chi connectivity index (χ4v) is 2.97. The molecule has 2 amide bonds. The zero-order valence-corrected chi connectivity index (χ0v) is 12.0.